The molecule has 1 aromatic carbocycles. The van der Waals surface area contributed by atoms with E-state index in [-0.39, 0.29) is 5.92 Å². The maximum absolute atomic E-state index is 12.5. The van der Waals surface area contributed by atoms with Gasteiger partial charge in [-0.25, -0.2) is 0 Å². The first kappa shape index (κ1) is 16.1. The molecule has 0 bridgehead atoms. The molecule has 1 saturated carbocycles. The Bertz CT molecular complexity index is 477. The van der Waals surface area contributed by atoms with Crippen molar-refractivity contribution in [3.05, 3.63) is 29.8 Å². The average molecular weight is 288 g/mol. The van der Waals surface area contributed by atoms with Gasteiger partial charge in [-0.3, -0.25) is 4.79 Å². The number of ether oxygens (including phenoxy) is 1. The van der Waals surface area contributed by atoms with Gasteiger partial charge in [-0.15, -0.1) is 0 Å². The van der Waals surface area contributed by atoms with Crippen LogP contribution < -0.4 is 4.74 Å². The van der Waals surface area contributed by atoms with Crippen LogP contribution in [-0.4, -0.2) is 12.9 Å². The standard InChI is InChI=1S/C19H28O2/c1-19(2,3)16-10-8-15(9-11-16)18(20)13-14-6-5-7-17(12-14)21-4/h5-7,12,15-16H,8-11,13H2,1-4H3. The van der Waals surface area contributed by atoms with Crippen LogP contribution in [-0.2, 0) is 11.2 Å². The van der Waals surface area contributed by atoms with E-state index in [1.807, 2.05) is 24.3 Å². The van der Waals surface area contributed by atoms with Crippen molar-refractivity contribution < 1.29 is 9.53 Å². The van der Waals surface area contributed by atoms with Crippen LogP contribution in [0.25, 0.3) is 0 Å². The third-order valence-corrected chi connectivity index (χ3v) is 4.92. The molecule has 0 saturated heterocycles. The molecule has 1 aliphatic rings. The van der Waals surface area contributed by atoms with E-state index in [9.17, 15) is 4.79 Å². The van der Waals surface area contributed by atoms with Crippen molar-refractivity contribution in [2.45, 2.75) is 52.9 Å². The van der Waals surface area contributed by atoms with E-state index in [1.54, 1.807) is 7.11 Å². The van der Waals surface area contributed by atoms with Gasteiger partial charge in [0, 0.05) is 12.3 Å². The molecule has 116 valence electrons. The van der Waals surface area contributed by atoms with Gasteiger partial charge in [0.1, 0.15) is 11.5 Å². The molecule has 0 atom stereocenters. The zero-order valence-electron chi connectivity index (χ0n) is 13.8. The fourth-order valence-electron chi connectivity index (χ4n) is 3.41. The van der Waals surface area contributed by atoms with Crippen LogP contribution in [0.3, 0.4) is 0 Å². The van der Waals surface area contributed by atoms with E-state index in [0.717, 1.165) is 30.1 Å². The van der Waals surface area contributed by atoms with Gasteiger partial charge in [0.05, 0.1) is 7.11 Å². The molecule has 0 heterocycles. The van der Waals surface area contributed by atoms with Gasteiger partial charge in [0.2, 0.25) is 0 Å². The van der Waals surface area contributed by atoms with Gasteiger partial charge in [0.15, 0.2) is 0 Å². The number of Topliss-reactive ketones (excluding diaryl/α,β-unsaturated/α-hetero) is 1. The Kier molecular flexibility index (Phi) is 5.08. The maximum atomic E-state index is 12.5. The summed E-state index contributed by atoms with van der Waals surface area (Å²) in [4.78, 5) is 12.5. The second-order valence-corrected chi connectivity index (χ2v) is 7.41. The minimum Gasteiger partial charge on any atom is -0.497 e. The summed E-state index contributed by atoms with van der Waals surface area (Å²) in [5.41, 5.74) is 1.44. The predicted molar refractivity (Wildman–Crippen MR) is 86.6 cm³/mol. The molecule has 0 aromatic heterocycles. The van der Waals surface area contributed by atoms with Crippen LogP contribution in [0, 0.1) is 17.3 Å². The van der Waals surface area contributed by atoms with Crippen molar-refractivity contribution in [2.24, 2.45) is 17.3 Å². The molecule has 0 radical (unpaired) electrons. The molecule has 2 heteroatoms. The highest BCUT2D eigenvalue weighted by atomic mass is 16.5. The van der Waals surface area contributed by atoms with E-state index in [1.165, 1.54) is 12.8 Å². The molecule has 1 aliphatic carbocycles. The summed E-state index contributed by atoms with van der Waals surface area (Å²) in [5.74, 6) is 2.25. The second kappa shape index (κ2) is 6.64. The number of carbonyl (C=O) groups is 1. The molecule has 0 spiro atoms. The largest absolute Gasteiger partial charge is 0.497 e. The highest BCUT2D eigenvalue weighted by molar-refractivity contribution is 5.83. The predicted octanol–water partition coefficient (Wildman–Crippen LogP) is 4.66. The Morgan fingerprint density at radius 3 is 2.43 bits per heavy atom. The Balaban J connectivity index is 1.90. The number of carbonyl (C=O) groups excluding carboxylic acids is 1. The molecule has 1 aromatic rings. The summed E-state index contributed by atoms with van der Waals surface area (Å²) < 4.78 is 5.22. The van der Waals surface area contributed by atoms with Crippen molar-refractivity contribution in [1.29, 1.82) is 0 Å². The van der Waals surface area contributed by atoms with Crippen molar-refractivity contribution in [3.8, 4) is 5.75 Å². The van der Waals surface area contributed by atoms with E-state index in [4.69, 9.17) is 4.74 Å². The molecule has 0 unspecified atom stereocenters. The number of benzene rings is 1. The van der Waals surface area contributed by atoms with Crippen LogP contribution in [0.2, 0.25) is 0 Å². The number of methoxy groups -OCH3 is 1. The summed E-state index contributed by atoms with van der Waals surface area (Å²) in [6.07, 6.45) is 5.05. The highest BCUT2D eigenvalue weighted by Gasteiger charge is 2.32. The molecule has 21 heavy (non-hydrogen) atoms. The Labute approximate surface area is 128 Å². The first-order chi connectivity index (χ1) is 9.90. The first-order valence-electron chi connectivity index (χ1n) is 8.06. The SMILES string of the molecule is COc1cccc(CC(=O)C2CCC(C(C)(C)C)CC2)c1. The molecule has 2 nitrogen and oxygen atoms in total. The fourth-order valence-corrected chi connectivity index (χ4v) is 3.41. The van der Waals surface area contributed by atoms with E-state index in [2.05, 4.69) is 20.8 Å². The molecule has 1 fully saturated rings. The zero-order chi connectivity index (χ0) is 15.5. The van der Waals surface area contributed by atoms with Gasteiger partial charge < -0.3 is 4.74 Å². The Hall–Kier alpha value is -1.31. The Morgan fingerprint density at radius 2 is 1.86 bits per heavy atom. The summed E-state index contributed by atoms with van der Waals surface area (Å²) in [6.45, 7) is 6.95. The van der Waals surface area contributed by atoms with Crippen LogP contribution in [0.5, 0.6) is 5.75 Å². The van der Waals surface area contributed by atoms with Crippen LogP contribution >= 0.6 is 0 Å². The Morgan fingerprint density at radius 1 is 1.19 bits per heavy atom. The van der Waals surface area contributed by atoms with Gasteiger partial charge >= 0.3 is 0 Å². The monoisotopic (exact) mass is 288 g/mol. The molecule has 0 N–H and O–H groups in total. The van der Waals surface area contributed by atoms with Crippen LogP contribution in [0.1, 0.15) is 52.0 Å². The average Bonchev–Trinajstić information content (AvgIpc) is 2.46. The number of hydrogen-bond donors (Lipinski definition) is 0. The van der Waals surface area contributed by atoms with Gasteiger partial charge in [-0.1, -0.05) is 32.9 Å². The quantitative estimate of drug-likeness (QED) is 0.805. The van der Waals surface area contributed by atoms with E-state index >= 15 is 0 Å². The highest BCUT2D eigenvalue weighted by Crippen LogP contribution is 2.40. The summed E-state index contributed by atoms with van der Waals surface area (Å²) in [7, 11) is 1.66. The molecular formula is C19H28O2. The molecule has 0 amide bonds. The maximum Gasteiger partial charge on any atom is 0.140 e. The lowest BCUT2D eigenvalue weighted by Gasteiger charge is -2.36. The fraction of sp³-hybridized carbons (Fsp3) is 0.632. The van der Waals surface area contributed by atoms with Crippen molar-refractivity contribution in [2.75, 3.05) is 7.11 Å². The number of rotatable bonds is 4. The zero-order valence-corrected chi connectivity index (χ0v) is 13.8. The van der Waals surface area contributed by atoms with Crippen LogP contribution in [0.15, 0.2) is 24.3 Å². The molecular weight excluding hydrogens is 260 g/mol. The second-order valence-electron chi connectivity index (χ2n) is 7.41. The summed E-state index contributed by atoms with van der Waals surface area (Å²) >= 11 is 0. The number of ketones is 1. The van der Waals surface area contributed by atoms with Gasteiger partial charge in [-0.05, 0) is 54.7 Å². The first-order valence-corrected chi connectivity index (χ1v) is 8.06. The van der Waals surface area contributed by atoms with Crippen molar-refractivity contribution >= 4 is 5.78 Å². The van der Waals surface area contributed by atoms with Crippen molar-refractivity contribution in [3.63, 3.8) is 0 Å². The van der Waals surface area contributed by atoms with Gasteiger partial charge in [0.25, 0.3) is 0 Å². The lowest BCUT2D eigenvalue weighted by atomic mass is 9.69. The van der Waals surface area contributed by atoms with Gasteiger partial charge in [-0.2, -0.15) is 0 Å². The molecule has 2 rings (SSSR count). The lowest BCUT2D eigenvalue weighted by molar-refractivity contribution is -0.123. The van der Waals surface area contributed by atoms with E-state index < -0.39 is 0 Å². The smallest absolute Gasteiger partial charge is 0.140 e. The minimum absolute atomic E-state index is 0.259. The molecule has 0 aliphatic heterocycles. The summed E-state index contributed by atoms with van der Waals surface area (Å²) in [6, 6.07) is 7.86. The third kappa shape index (κ3) is 4.33. The summed E-state index contributed by atoms with van der Waals surface area (Å²) in [5, 5.41) is 0. The van der Waals surface area contributed by atoms with E-state index in [0.29, 0.717) is 17.6 Å². The minimum atomic E-state index is 0.259. The third-order valence-electron chi connectivity index (χ3n) is 4.92. The number of hydrogen-bond acceptors (Lipinski definition) is 2. The lowest BCUT2D eigenvalue weighted by Crippen LogP contribution is -2.29. The van der Waals surface area contributed by atoms with Crippen LogP contribution in [0.4, 0.5) is 0 Å². The topological polar surface area (TPSA) is 26.3 Å². The van der Waals surface area contributed by atoms with Crippen molar-refractivity contribution in [1.82, 2.24) is 0 Å². The normalized spacial score (nSPS) is 22.9.